The maximum absolute atomic E-state index is 12.7. The number of unbranched alkanes of at least 4 members (excludes halogenated alkanes) is 19. The van der Waals surface area contributed by atoms with Gasteiger partial charge in [0.2, 0.25) is 0 Å². The summed E-state index contributed by atoms with van der Waals surface area (Å²) in [5.74, 6) is 0.0401. The molecule has 1 rings (SSSR count). The molecule has 1 atom stereocenters. The predicted octanol–water partition coefficient (Wildman–Crippen LogP) is 11.2. The lowest BCUT2D eigenvalue weighted by atomic mass is 10.0. The molecule has 1 N–H and O–H groups in total. The van der Waals surface area contributed by atoms with Gasteiger partial charge in [0.05, 0.1) is 11.0 Å². The highest BCUT2D eigenvalue weighted by Crippen LogP contribution is 2.24. The van der Waals surface area contributed by atoms with Gasteiger partial charge >= 0.3 is 5.97 Å². The van der Waals surface area contributed by atoms with Crippen molar-refractivity contribution >= 4 is 17.0 Å². The molecule has 0 spiro atoms. The lowest BCUT2D eigenvalue weighted by Gasteiger charge is -2.22. The number of carbonyl (C=O) groups excluding carboxylic acids is 1. The van der Waals surface area contributed by atoms with E-state index < -0.39 is 11.0 Å². The van der Waals surface area contributed by atoms with Gasteiger partial charge in [-0.15, -0.1) is 0 Å². The third-order valence-electron chi connectivity index (χ3n) is 9.46. The molecule has 0 amide bonds. The van der Waals surface area contributed by atoms with Crippen LogP contribution in [0, 0.1) is 0 Å². The summed E-state index contributed by atoms with van der Waals surface area (Å²) >= 11 is 0. The summed E-state index contributed by atoms with van der Waals surface area (Å²) in [6.45, 7) is 11.2. The fraction of sp³-hybridized carbons (Fsp3) is 0.974. The Kier molecular flexibility index (Phi) is 30.4. The number of esters is 1. The van der Waals surface area contributed by atoms with E-state index in [4.69, 9.17) is 4.74 Å². The normalized spacial score (nSPS) is 14.1. The zero-order valence-electron chi connectivity index (χ0n) is 30.6. The van der Waals surface area contributed by atoms with E-state index in [9.17, 15) is 9.00 Å². The lowest BCUT2D eigenvalue weighted by Crippen LogP contribution is -2.30. The van der Waals surface area contributed by atoms with E-state index in [1.165, 1.54) is 148 Å². The molecule has 1 aliphatic carbocycles. The predicted molar refractivity (Wildman–Crippen MR) is 197 cm³/mol. The van der Waals surface area contributed by atoms with Crippen LogP contribution >= 0.6 is 0 Å². The molecule has 6 heteroatoms. The topological polar surface area (TPSA) is 58.6 Å². The van der Waals surface area contributed by atoms with Gasteiger partial charge in [-0.2, -0.15) is 0 Å². The summed E-state index contributed by atoms with van der Waals surface area (Å²) < 4.78 is 21.3. The molecule has 1 saturated carbocycles. The van der Waals surface area contributed by atoms with Crippen LogP contribution in [0.5, 0.6) is 0 Å². The van der Waals surface area contributed by atoms with Crippen LogP contribution < -0.4 is 4.72 Å². The van der Waals surface area contributed by atoms with E-state index in [0.29, 0.717) is 11.7 Å². The van der Waals surface area contributed by atoms with E-state index >= 15 is 0 Å². The summed E-state index contributed by atoms with van der Waals surface area (Å²) in [4.78, 5) is 15.4. The van der Waals surface area contributed by atoms with Gasteiger partial charge in [-0.1, -0.05) is 136 Å². The second-order valence-electron chi connectivity index (χ2n) is 14.1. The van der Waals surface area contributed by atoms with Gasteiger partial charge in [0.25, 0.3) is 0 Å². The van der Waals surface area contributed by atoms with Crippen LogP contribution in [0.4, 0.5) is 0 Å². The Bertz CT molecular complexity index is 657. The zero-order valence-corrected chi connectivity index (χ0v) is 31.4. The van der Waals surface area contributed by atoms with Crippen LogP contribution in [-0.2, 0) is 20.5 Å². The molecule has 1 unspecified atom stereocenters. The summed E-state index contributed by atoms with van der Waals surface area (Å²) in [7, 11) is -0.811. The minimum atomic E-state index is -0.811. The van der Waals surface area contributed by atoms with Gasteiger partial charge < -0.3 is 9.64 Å². The van der Waals surface area contributed by atoms with Gasteiger partial charge in [0, 0.05) is 18.2 Å². The van der Waals surface area contributed by atoms with Crippen molar-refractivity contribution in [2.45, 2.75) is 218 Å². The van der Waals surface area contributed by atoms with Crippen LogP contribution in [0.2, 0.25) is 0 Å². The summed E-state index contributed by atoms with van der Waals surface area (Å²) in [5, 5.41) is 0.419. The standard InChI is InChI=1S/C39H78N2O3S/c1-4-7-10-13-17-22-28-37(29-23-18-14-11-8-5-2)44-39(42)30-24-19-16-21-26-35-41(34-25-20-15-12-9-6-3)36-27-33-40-45(43)38-31-32-38/h37-38,40H,4-36H2,1-3H3. The Hall–Kier alpha value is -0.460. The van der Waals surface area contributed by atoms with Crippen LogP contribution in [-0.4, -0.2) is 52.6 Å². The van der Waals surface area contributed by atoms with Crippen LogP contribution in [0.25, 0.3) is 0 Å². The number of nitrogens with zero attached hydrogens (tertiary/aromatic N) is 1. The molecule has 0 bridgehead atoms. The fourth-order valence-electron chi connectivity index (χ4n) is 6.27. The Labute approximate surface area is 284 Å². The third kappa shape index (κ3) is 28.3. The highest BCUT2D eigenvalue weighted by molar-refractivity contribution is 7.84. The molecule has 1 aliphatic rings. The van der Waals surface area contributed by atoms with Gasteiger partial charge in [-0.3, -0.25) is 4.79 Å². The first-order valence-corrected chi connectivity index (χ1v) is 21.4. The lowest BCUT2D eigenvalue weighted by molar-refractivity contribution is -0.150. The average Bonchev–Trinajstić information content (AvgIpc) is 3.89. The molecule has 0 aromatic carbocycles. The fourth-order valence-corrected chi connectivity index (χ4v) is 7.42. The van der Waals surface area contributed by atoms with Crippen LogP contribution in [0.15, 0.2) is 0 Å². The van der Waals surface area contributed by atoms with Crippen LogP contribution in [0.3, 0.4) is 0 Å². The molecule has 268 valence electrons. The highest BCUT2D eigenvalue weighted by atomic mass is 32.2. The van der Waals surface area contributed by atoms with E-state index in [0.717, 1.165) is 58.0 Å². The minimum Gasteiger partial charge on any atom is -0.462 e. The molecule has 0 aliphatic heterocycles. The molecular formula is C39H78N2O3S. The van der Waals surface area contributed by atoms with E-state index in [1.807, 2.05) is 0 Å². The van der Waals surface area contributed by atoms with Crippen molar-refractivity contribution in [2.75, 3.05) is 26.2 Å². The molecular weight excluding hydrogens is 577 g/mol. The summed E-state index contributed by atoms with van der Waals surface area (Å²) in [6.07, 6.45) is 35.5. The van der Waals surface area contributed by atoms with Crippen molar-refractivity contribution in [3.63, 3.8) is 0 Å². The first-order chi connectivity index (χ1) is 22.1. The van der Waals surface area contributed by atoms with Crippen molar-refractivity contribution in [2.24, 2.45) is 0 Å². The highest BCUT2D eigenvalue weighted by Gasteiger charge is 2.27. The first-order valence-electron chi connectivity index (χ1n) is 20.2. The minimum absolute atomic E-state index is 0.0401. The first kappa shape index (κ1) is 42.6. The van der Waals surface area contributed by atoms with Crippen molar-refractivity contribution in [3.05, 3.63) is 0 Å². The largest absolute Gasteiger partial charge is 0.462 e. The Balaban J connectivity index is 2.24. The van der Waals surface area contributed by atoms with Gasteiger partial charge in [0.15, 0.2) is 0 Å². The molecule has 45 heavy (non-hydrogen) atoms. The molecule has 1 fully saturated rings. The Morgan fingerprint density at radius 1 is 0.622 bits per heavy atom. The second-order valence-corrected chi connectivity index (χ2v) is 15.6. The summed E-state index contributed by atoms with van der Waals surface area (Å²) in [5.41, 5.74) is 0. The monoisotopic (exact) mass is 655 g/mol. The number of rotatable bonds is 36. The van der Waals surface area contributed by atoms with Gasteiger partial charge in [0.1, 0.15) is 6.10 Å². The summed E-state index contributed by atoms with van der Waals surface area (Å²) in [6, 6.07) is 0. The van der Waals surface area contributed by atoms with Crippen molar-refractivity contribution in [1.82, 2.24) is 9.62 Å². The average molecular weight is 655 g/mol. The van der Waals surface area contributed by atoms with Gasteiger partial charge in [-0.05, 0) is 83.8 Å². The second kappa shape index (κ2) is 32.1. The van der Waals surface area contributed by atoms with Crippen molar-refractivity contribution in [3.8, 4) is 0 Å². The molecule has 0 radical (unpaired) electrons. The number of ether oxygens (including phenoxy) is 1. The maximum atomic E-state index is 12.7. The van der Waals surface area contributed by atoms with E-state index in [-0.39, 0.29) is 12.1 Å². The van der Waals surface area contributed by atoms with E-state index in [2.05, 4.69) is 30.4 Å². The molecule has 0 saturated heterocycles. The molecule has 0 heterocycles. The van der Waals surface area contributed by atoms with Crippen LogP contribution in [0.1, 0.15) is 207 Å². The van der Waals surface area contributed by atoms with Gasteiger partial charge in [-0.25, -0.2) is 8.93 Å². The van der Waals surface area contributed by atoms with Crippen molar-refractivity contribution < 1.29 is 13.7 Å². The maximum Gasteiger partial charge on any atom is 0.306 e. The van der Waals surface area contributed by atoms with E-state index in [1.54, 1.807) is 0 Å². The third-order valence-corrected chi connectivity index (χ3v) is 11.0. The molecule has 0 aromatic heterocycles. The SMILES string of the molecule is CCCCCCCCC(CCCCCCCC)OC(=O)CCCCCCCN(CCCCCCCC)CCCNS(=O)C1CC1. The smallest absolute Gasteiger partial charge is 0.306 e. The zero-order chi connectivity index (χ0) is 32.6. The van der Waals surface area contributed by atoms with Crippen molar-refractivity contribution in [1.29, 1.82) is 0 Å². The Morgan fingerprint density at radius 3 is 1.53 bits per heavy atom. The quantitative estimate of drug-likeness (QED) is 0.0539. The number of hydrogen-bond acceptors (Lipinski definition) is 4. The Morgan fingerprint density at radius 2 is 1.04 bits per heavy atom. The number of nitrogens with one attached hydrogen (secondary N) is 1. The molecule has 0 aromatic rings. The number of hydrogen-bond donors (Lipinski definition) is 1. The number of carbonyl (C=O) groups is 1. The molecule has 5 nitrogen and oxygen atoms in total.